The Morgan fingerprint density at radius 1 is 1.00 bits per heavy atom. The molecule has 0 saturated heterocycles. The lowest BCUT2D eigenvalue weighted by atomic mass is 9.63. The van der Waals surface area contributed by atoms with E-state index in [1.807, 2.05) is 30.3 Å². The third-order valence-corrected chi connectivity index (χ3v) is 5.70. The van der Waals surface area contributed by atoms with Gasteiger partial charge in [0, 0.05) is 13.2 Å². The zero-order valence-corrected chi connectivity index (χ0v) is 17.4. The number of nitrogens with zero attached hydrogens (tertiary/aromatic N) is 3. The van der Waals surface area contributed by atoms with Crippen molar-refractivity contribution in [3.8, 4) is 17.1 Å². The molecule has 1 aliphatic rings. The van der Waals surface area contributed by atoms with Gasteiger partial charge in [-0.15, -0.1) is 0 Å². The van der Waals surface area contributed by atoms with E-state index in [2.05, 4.69) is 25.6 Å². The molecular weight excluding hydrogens is 394 g/mol. The predicted molar refractivity (Wildman–Crippen MR) is 116 cm³/mol. The second-order valence-corrected chi connectivity index (χ2v) is 7.43. The Morgan fingerprint density at radius 3 is 2.29 bits per heavy atom. The summed E-state index contributed by atoms with van der Waals surface area (Å²) in [5, 5.41) is 5.52. The van der Waals surface area contributed by atoms with Crippen molar-refractivity contribution in [1.29, 1.82) is 0 Å². The number of carbonyl (C=O) groups is 2. The van der Waals surface area contributed by atoms with Crippen LogP contribution in [0.1, 0.15) is 35.3 Å². The van der Waals surface area contributed by atoms with E-state index < -0.39 is 5.41 Å². The number of ether oxygens (including phenoxy) is 1. The molecule has 2 N–H and O–H groups in total. The SMILES string of the molecule is CNC(=O)c1cc(-c2ccc(C3(C(=O)Nc4cnc(OC)nc4)CCC3)cc2)ccn1. The highest BCUT2D eigenvalue weighted by molar-refractivity contribution is 6.00. The highest BCUT2D eigenvalue weighted by atomic mass is 16.5. The number of rotatable bonds is 6. The molecule has 2 heterocycles. The smallest absolute Gasteiger partial charge is 0.316 e. The van der Waals surface area contributed by atoms with E-state index in [1.54, 1.807) is 19.3 Å². The monoisotopic (exact) mass is 417 g/mol. The summed E-state index contributed by atoms with van der Waals surface area (Å²) in [6, 6.07) is 11.8. The molecule has 3 aromatic rings. The average molecular weight is 417 g/mol. The van der Waals surface area contributed by atoms with Crippen LogP contribution >= 0.6 is 0 Å². The first-order valence-corrected chi connectivity index (χ1v) is 10.0. The van der Waals surface area contributed by atoms with Crippen LogP contribution in [-0.2, 0) is 10.2 Å². The van der Waals surface area contributed by atoms with Crippen molar-refractivity contribution >= 4 is 17.5 Å². The van der Waals surface area contributed by atoms with Crippen molar-refractivity contribution in [3.63, 3.8) is 0 Å². The van der Waals surface area contributed by atoms with Crippen molar-refractivity contribution in [3.05, 3.63) is 66.2 Å². The molecule has 1 fully saturated rings. The molecule has 8 heteroatoms. The fourth-order valence-electron chi connectivity index (χ4n) is 3.76. The maximum Gasteiger partial charge on any atom is 0.316 e. The quantitative estimate of drug-likeness (QED) is 0.639. The first-order chi connectivity index (χ1) is 15.1. The highest BCUT2D eigenvalue weighted by Gasteiger charge is 2.45. The molecular formula is C23H23N5O3. The van der Waals surface area contributed by atoms with Crippen molar-refractivity contribution in [2.45, 2.75) is 24.7 Å². The number of aromatic nitrogens is 3. The number of hydrogen-bond acceptors (Lipinski definition) is 6. The summed E-state index contributed by atoms with van der Waals surface area (Å²) in [7, 11) is 3.07. The van der Waals surface area contributed by atoms with E-state index in [0.717, 1.165) is 36.0 Å². The van der Waals surface area contributed by atoms with Gasteiger partial charge in [0.1, 0.15) is 5.69 Å². The van der Waals surface area contributed by atoms with Crippen LogP contribution in [0, 0.1) is 0 Å². The van der Waals surface area contributed by atoms with Crippen LogP contribution < -0.4 is 15.4 Å². The third kappa shape index (κ3) is 3.96. The molecule has 0 unspecified atom stereocenters. The van der Waals surface area contributed by atoms with E-state index in [4.69, 9.17) is 4.74 Å². The molecule has 1 aliphatic carbocycles. The number of amides is 2. The van der Waals surface area contributed by atoms with Crippen LogP contribution in [0.2, 0.25) is 0 Å². The van der Waals surface area contributed by atoms with Gasteiger partial charge in [0.2, 0.25) is 5.91 Å². The summed E-state index contributed by atoms with van der Waals surface area (Å²) in [6.45, 7) is 0. The molecule has 0 radical (unpaired) electrons. The standard InChI is InChI=1S/C23H23N5O3/c1-24-20(29)19-12-16(8-11-25-19)15-4-6-17(7-5-15)23(9-3-10-23)21(30)28-18-13-26-22(31-2)27-14-18/h4-8,11-14H,3,9-10H2,1-2H3,(H,24,29)(H,28,30). The summed E-state index contributed by atoms with van der Waals surface area (Å²) in [5.74, 6) is -0.294. The summed E-state index contributed by atoms with van der Waals surface area (Å²) >= 11 is 0. The van der Waals surface area contributed by atoms with Gasteiger partial charge in [0.25, 0.3) is 5.91 Å². The number of nitrogens with one attached hydrogen (secondary N) is 2. The molecule has 8 nitrogen and oxygen atoms in total. The van der Waals surface area contributed by atoms with Gasteiger partial charge in [0.05, 0.1) is 30.6 Å². The Hall–Kier alpha value is -3.81. The lowest BCUT2D eigenvalue weighted by molar-refractivity contribution is -0.124. The zero-order valence-electron chi connectivity index (χ0n) is 17.4. The second kappa shape index (κ2) is 8.51. The Morgan fingerprint density at radius 2 is 1.71 bits per heavy atom. The van der Waals surface area contributed by atoms with Crippen molar-refractivity contribution in [2.24, 2.45) is 0 Å². The Labute approximate surface area is 180 Å². The van der Waals surface area contributed by atoms with E-state index in [1.165, 1.54) is 19.5 Å². The largest absolute Gasteiger partial charge is 0.467 e. The molecule has 0 spiro atoms. The van der Waals surface area contributed by atoms with Crippen LogP contribution in [0.5, 0.6) is 6.01 Å². The van der Waals surface area contributed by atoms with E-state index >= 15 is 0 Å². The number of benzene rings is 1. The fourth-order valence-corrected chi connectivity index (χ4v) is 3.76. The minimum atomic E-state index is -0.566. The Kier molecular flexibility index (Phi) is 5.62. The van der Waals surface area contributed by atoms with Crippen LogP contribution in [0.4, 0.5) is 5.69 Å². The summed E-state index contributed by atoms with van der Waals surface area (Å²) in [5.41, 5.74) is 3.14. The summed E-state index contributed by atoms with van der Waals surface area (Å²) in [4.78, 5) is 37.2. The molecule has 0 bridgehead atoms. The highest BCUT2D eigenvalue weighted by Crippen LogP contribution is 2.45. The average Bonchev–Trinajstić information content (AvgIpc) is 2.79. The predicted octanol–water partition coefficient (Wildman–Crippen LogP) is 2.97. The van der Waals surface area contributed by atoms with Crippen molar-refractivity contribution in [2.75, 3.05) is 19.5 Å². The molecule has 1 saturated carbocycles. The number of anilines is 1. The molecule has 0 atom stereocenters. The van der Waals surface area contributed by atoms with E-state index in [0.29, 0.717) is 11.4 Å². The Balaban J connectivity index is 1.55. The number of hydrogen-bond donors (Lipinski definition) is 2. The zero-order chi connectivity index (χ0) is 21.8. The normalized spacial score (nSPS) is 14.3. The van der Waals surface area contributed by atoms with Gasteiger partial charge in [-0.05, 0) is 41.7 Å². The summed E-state index contributed by atoms with van der Waals surface area (Å²) < 4.78 is 4.96. The Bertz CT molecular complexity index is 1090. The van der Waals surface area contributed by atoms with Gasteiger partial charge >= 0.3 is 6.01 Å². The fraction of sp³-hybridized carbons (Fsp3) is 0.261. The van der Waals surface area contributed by atoms with Crippen LogP contribution in [-0.4, -0.2) is 40.9 Å². The lowest BCUT2D eigenvalue weighted by Crippen LogP contribution is -2.46. The van der Waals surface area contributed by atoms with Gasteiger partial charge in [-0.2, -0.15) is 0 Å². The van der Waals surface area contributed by atoms with Crippen LogP contribution in [0.3, 0.4) is 0 Å². The molecule has 4 rings (SSSR count). The van der Waals surface area contributed by atoms with Gasteiger partial charge in [-0.3, -0.25) is 14.6 Å². The number of carbonyl (C=O) groups excluding carboxylic acids is 2. The van der Waals surface area contributed by atoms with Crippen LogP contribution in [0.15, 0.2) is 55.0 Å². The maximum absolute atomic E-state index is 13.1. The maximum atomic E-state index is 13.1. The molecule has 0 aliphatic heterocycles. The first-order valence-electron chi connectivity index (χ1n) is 10.0. The van der Waals surface area contributed by atoms with Crippen molar-refractivity contribution in [1.82, 2.24) is 20.3 Å². The number of methoxy groups -OCH3 is 1. The lowest BCUT2D eigenvalue weighted by Gasteiger charge is -2.40. The van der Waals surface area contributed by atoms with Crippen molar-refractivity contribution < 1.29 is 14.3 Å². The van der Waals surface area contributed by atoms with Gasteiger partial charge in [-0.25, -0.2) is 9.97 Å². The first kappa shape index (κ1) is 20.5. The van der Waals surface area contributed by atoms with Gasteiger partial charge in [0.15, 0.2) is 0 Å². The number of pyridine rings is 1. The topological polar surface area (TPSA) is 106 Å². The summed E-state index contributed by atoms with van der Waals surface area (Å²) in [6.07, 6.45) is 7.25. The van der Waals surface area contributed by atoms with E-state index in [9.17, 15) is 9.59 Å². The van der Waals surface area contributed by atoms with E-state index in [-0.39, 0.29) is 17.8 Å². The molecule has 31 heavy (non-hydrogen) atoms. The third-order valence-electron chi connectivity index (χ3n) is 5.70. The minimum absolute atomic E-state index is 0.0638. The molecule has 2 aromatic heterocycles. The van der Waals surface area contributed by atoms with Gasteiger partial charge in [-0.1, -0.05) is 30.7 Å². The molecule has 1 aromatic carbocycles. The minimum Gasteiger partial charge on any atom is -0.467 e. The van der Waals surface area contributed by atoms with Crippen LogP contribution in [0.25, 0.3) is 11.1 Å². The molecule has 2 amide bonds. The van der Waals surface area contributed by atoms with Gasteiger partial charge < -0.3 is 15.4 Å². The second-order valence-electron chi connectivity index (χ2n) is 7.43. The molecule has 158 valence electrons.